The summed E-state index contributed by atoms with van der Waals surface area (Å²) in [6.07, 6.45) is 14.2. The molecule has 6 atom stereocenters. The Morgan fingerprint density at radius 3 is 3.04 bits per heavy atom. The maximum Gasteiger partial charge on any atom is 0.131 e. The second kappa shape index (κ2) is 5.25. The summed E-state index contributed by atoms with van der Waals surface area (Å²) in [5.74, 6) is 4.15. The normalized spacial score (nSPS) is 52.2. The Morgan fingerprint density at radius 2 is 2.30 bits per heavy atom. The summed E-state index contributed by atoms with van der Waals surface area (Å²) in [7, 11) is 0. The van der Waals surface area contributed by atoms with Crippen molar-refractivity contribution in [2.45, 2.75) is 70.3 Å². The van der Waals surface area contributed by atoms with Crippen LogP contribution in [-0.2, 0) is 0 Å². The van der Waals surface area contributed by atoms with E-state index in [2.05, 4.69) is 25.5 Å². The van der Waals surface area contributed by atoms with Crippen molar-refractivity contribution in [1.29, 1.82) is 0 Å². The molecule has 1 heteroatoms. The molecule has 0 aromatic rings. The molecule has 0 aliphatic heterocycles. The summed E-state index contributed by atoms with van der Waals surface area (Å²) < 4.78 is 17.1. The quantitative estimate of drug-likeness (QED) is 0.416. The SMILES string of the molecule is [2H]C1([2H])CC2[C@@H]3CCC4=CCCC[C@@H]4C3C(=C)C[C@]2(CC)C1(O)[13C]#[13CH]. The van der Waals surface area contributed by atoms with Gasteiger partial charge in [-0.2, -0.15) is 0 Å². The number of terminal acetylenes is 1. The molecule has 4 rings (SSSR count). The second-order valence-corrected chi connectivity index (χ2v) is 8.23. The van der Waals surface area contributed by atoms with Crippen LogP contribution in [0.4, 0.5) is 0 Å². The van der Waals surface area contributed by atoms with Crippen LogP contribution in [0.25, 0.3) is 0 Å². The van der Waals surface area contributed by atoms with Crippen LogP contribution < -0.4 is 0 Å². The van der Waals surface area contributed by atoms with Gasteiger partial charge in [-0.3, -0.25) is 0 Å². The van der Waals surface area contributed by atoms with Gasteiger partial charge in [-0.15, -0.1) is 6.42 Å². The van der Waals surface area contributed by atoms with Gasteiger partial charge in [0.2, 0.25) is 0 Å². The Hall–Kier alpha value is -1.00. The van der Waals surface area contributed by atoms with Crippen LogP contribution in [0.5, 0.6) is 0 Å². The smallest absolute Gasteiger partial charge is 0.131 e. The maximum absolute atomic E-state index is 11.4. The van der Waals surface area contributed by atoms with Gasteiger partial charge in [-0.1, -0.05) is 36.6 Å². The van der Waals surface area contributed by atoms with Crippen molar-refractivity contribution in [2.24, 2.45) is 29.1 Å². The van der Waals surface area contributed by atoms with E-state index < -0.39 is 17.4 Å². The highest BCUT2D eigenvalue weighted by molar-refractivity contribution is 5.32. The van der Waals surface area contributed by atoms with Gasteiger partial charge in [0.1, 0.15) is 5.60 Å². The first-order valence-electron chi connectivity index (χ1n) is 10.4. The minimum Gasteiger partial charge on any atom is -0.377 e. The zero-order valence-electron chi connectivity index (χ0n) is 16.3. The van der Waals surface area contributed by atoms with E-state index in [4.69, 9.17) is 9.16 Å². The first-order valence-corrected chi connectivity index (χ1v) is 9.38. The second-order valence-electron chi connectivity index (χ2n) is 8.23. The van der Waals surface area contributed by atoms with E-state index in [-0.39, 0.29) is 5.92 Å². The van der Waals surface area contributed by atoms with E-state index in [1.807, 2.05) is 0 Å². The molecule has 0 heterocycles. The lowest BCUT2D eigenvalue weighted by Crippen LogP contribution is -2.54. The molecule has 0 radical (unpaired) electrons. The first kappa shape index (κ1) is 13.3. The largest absolute Gasteiger partial charge is 0.377 e. The van der Waals surface area contributed by atoms with Crippen LogP contribution in [0.15, 0.2) is 23.8 Å². The molecule has 0 bridgehead atoms. The van der Waals surface area contributed by atoms with Gasteiger partial charge >= 0.3 is 0 Å². The third-order valence-electron chi connectivity index (χ3n) is 7.64. The molecule has 3 saturated carbocycles. The van der Waals surface area contributed by atoms with Crippen molar-refractivity contribution in [2.75, 3.05) is 0 Å². The molecule has 0 spiro atoms. The van der Waals surface area contributed by atoms with Crippen molar-refractivity contribution in [1.82, 2.24) is 0 Å². The van der Waals surface area contributed by atoms with E-state index >= 15 is 0 Å². The van der Waals surface area contributed by atoms with Gasteiger partial charge in [0, 0.05) is 8.16 Å². The van der Waals surface area contributed by atoms with Gasteiger partial charge in [0.05, 0.1) is 0 Å². The Labute approximate surface area is 144 Å². The third-order valence-corrected chi connectivity index (χ3v) is 7.64. The van der Waals surface area contributed by atoms with E-state index in [9.17, 15) is 5.11 Å². The monoisotopic (exact) mass is 314 g/mol. The van der Waals surface area contributed by atoms with Gasteiger partial charge in [-0.05, 0) is 81.4 Å². The Bertz CT molecular complexity index is 672. The predicted octanol–water partition coefficient (Wildman–Crippen LogP) is 4.87. The molecule has 4 aliphatic rings. The summed E-state index contributed by atoms with van der Waals surface area (Å²) >= 11 is 0. The van der Waals surface area contributed by atoms with Crippen LogP contribution in [-0.4, -0.2) is 10.7 Å². The Balaban J connectivity index is 1.80. The zero-order valence-corrected chi connectivity index (χ0v) is 14.3. The fourth-order valence-corrected chi connectivity index (χ4v) is 6.59. The summed E-state index contributed by atoms with van der Waals surface area (Å²) in [6.45, 7) is 6.53. The lowest BCUT2D eigenvalue weighted by molar-refractivity contribution is -0.0788. The van der Waals surface area contributed by atoms with E-state index in [0.717, 1.165) is 12.8 Å². The highest BCUT2D eigenvalue weighted by Gasteiger charge is 2.64. The van der Waals surface area contributed by atoms with E-state index in [1.165, 1.54) is 24.8 Å². The molecular weight excluding hydrogens is 282 g/mol. The Morgan fingerprint density at radius 1 is 1.48 bits per heavy atom. The zero-order chi connectivity index (χ0) is 18.0. The van der Waals surface area contributed by atoms with Gasteiger partial charge < -0.3 is 5.11 Å². The minimum atomic E-state index is -1.72. The minimum absolute atomic E-state index is 0.160. The van der Waals surface area contributed by atoms with Crippen LogP contribution >= 0.6 is 0 Å². The number of allylic oxidation sites excluding steroid dienone is 3. The molecule has 4 aliphatic carbocycles. The predicted molar refractivity (Wildman–Crippen MR) is 94.6 cm³/mol. The molecule has 0 amide bonds. The number of aliphatic hydroxyl groups is 1. The van der Waals surface area contributed by atoms with Crippen LogP contribution in [0, 0.1) is 41.4 Å². The molecule has 3 unspecified atom stereocenters. The highest BCUT2D eigenvalue weighted by Crippen LogP contribution is 2.67. The lowest BCUT2D eigenvalue weighted by Gasteiger charge is -2.56. The average Bonchev–Trinajstić information content (AvgIpc) is 2.79. The summed E-state index contributed by atoms with van der Waals surface area (Å²) in [4.78, 5) is 0. The van der Waals surface area contributed by atoms with Gasteiger partial charge in [0.25, 0.3) is 0 Å². The fourth-order valence-electron chi connectivity index (χ4n) is 6.59. The lowest BCUT2D eigenvalue weighted by atomic mass is 9.49. The molecule has 0 aromatic carbocycles. The number of rotatable bonds is 1. The fraction of sp³-hybridized carbons (Fsp3) is 0.727. The van der Waals surface area contributed by atoms with Crippen molar-refractivity contribution < 1.29 is 7.85 Å². The van der Waals surface area contributed by atoms with Gasteiger partial charge in [0.15, 0.2) is 0 Å². The first-order chi connectivity index (χ1) is 11.8. The highest BCUT2D eigenvalue weighted by atomic mass is 16.3. The summed E-state index contributed by atoms with van der Waals surface area (Å²) in [5, 5.41) is 11.4. The van der Waals surface area contributed by atoms with Crippen LogP contribution in [0.1, 0.15) is 67.4 Å². The molecule has 124 valence electrons. The molecule has 1 N–H and O–H groups in total. The molecule has 0 aromatic heterocycles. The third kappa shape index (κ3) is 1.91. The van der Waals surface area contributed by atoms with E-state index in [0.29, 0.717) is 37.0 Å². The summed E-state index contributed by atoms with van der Waals surface area (Å²) in [5.41, 5.74) is 0.591. The molecule has 23 heavy (non-hydrogen) atoms. The van der Waals surface area contributed by atoms with Crippen molar-refractivity contribution in [3.8, 4) is 12.3 Å². The maximum atomic E-state index is 11.4. The topological polar surface area (TPSA) is 20.2 Å². The molecule has 1 nitrogen and oxygen atoms in total. The van der Waals surface area contributed by atoms with Crippen molar-refractivity contribution >= 4 is 0 Å². The molecular formula is C22H30O. The van der Waals surface area contributed by atoms with Crippen LogP contribution in [0.2, 0.25) is 0 Å². The number of hydrogen-bond donors (Lipinski definition) is 1. The number of hydrogen-bond acceptors (Lipinski definition) is 1. The average molecular weight is 314 g/mol. The van der Waals surface area contributed by atoms with Crippen molar-refractivity contribution in [3.05, 3.63) is 23.8 Å². The van der Waals surface area contributed by atoms with E-state index in [1.54, 1.807) is 5.57 Å². The molecule has 0 saturated heterocycles. The standard InChI is InChI=1S/C22H30O/c1-4-21-14-15(3)20-17-9-7-6-8-16(17)10-11-18(20)19(21)12-13-22(21,23)5-2/h2,8,17-20,23H,3-4,6-7,9-14H2,1H3/t17-,18-,19?,20?,21-,22?/m0/s1/i2+1,5+1,13D2. The summed E-state index contributed by atoms with van der Waals surface area (Å²) in [6, 6.07) is 0. The van der Waals surface area contributed by atoms with Gasteiger partial charge in [-0.25, -0.2) is 0 Å². The molecule has 3 fully saturated rings. The Kier molecular flexibility index (Phi) is 3.04. The van der Waals surface area contributed by atoms with Crippen LogP contribution in [0.3, 0.4) is 0 Å². The number of fused-ring (bicyclic) bond motifs is 5. The van der Waals surface area contributed by atoms with Crippen molar-refractivity contribution in [3.63, 3.8) is 0 Å².